The number of anilines is 5. The molecule has 42 heavy (non-hydrogen) atoms. The van der Waals surface area contributed by atoms with Gasteiger partial charge in [0.05, 0.1) is 30.3 Å². The number of fused-ring (bicyclic) bond motifs is 1. The van der Waals surface area contributed by atoms with E-state index in [0.29, 0.717) is 27.8 Å². The minimum atomic E-state index is -4.42. The lowest BCUT2D eigenvalue weighted by atomic mass is 10.1. The quantitative estimate of drug-likeness (QED) is 0.277. The van der Waals surface area contributed by atoms with Crippen LogP contribution in [0.3, 0.4) is 0 Å². The Labute approximate surface area is 243 Å². The third-order valence-electron chi connectivity index (χ3n) is 5.74. The van der Waals surface area contributed by atoms with Crippen LogP contribution in [-0.4, -0.2) is 68.7 Å². The number of hydrogen-bond acceptors (Lipinski definition) is 14. The van der Waals surface area contributed by atoms with Crippen LogP contribution < -0.4 is 34.5 Å². The van der Waals surface area contributed by atoms with Gasteiger partial charge in [-0.3, -0.25) is 23.3 Å². The van der Waals surface area contributed by atoms with Gasteiger partial charge in [0, 0.05) is 32.0 Å². The number of aromatic nitrogens is 3. The molecule has 4 rings (SSSR count). The smallest absolute Gasteiger partial charge is 0.475 e. The van der Waals surface area contributed by atoms with Crippen molar-refractivity contribution in [1.82, 2.24) is 15.0 Å². The Hall–Kier alpha value is -4.24. The van der Waals surface area contributed by atoms with Gasteiger partial charge in [-0.2, -0.15) is 4.98 Å². The Bertz CT molecular complexity index is 1580. The van der Waals surface area contributed by atoms with Crippen molar-refractivity contribution in [3.05, 3.63) is 36.3 Å². The van der Waals surface area contributed by atoms with Gasteiger partial charge >= 0.3 is 7.82 Å². The summed E-state index contributed by atoms with van der Waals surface area (Å²) in [4.78, 5) is 26.2. The molecule has 0 saturated heterocycles. The van der Waals surface area contributed by atoms with Gasteiger partial charge in [0.25, 0.3) is 5.91 Å². The van der Waals surface area contributed by atoms with Crippen LogP contribution in [0.2, 0.25) is 0 Å². The molecule has 0 bridgehead atoms. The van der Waals surface area contributed by atoms with Crippen LogP contribution in [0, 0.1) is 5.82 Å². The van der Waals surface area contributed by atoms with Crippen LogP contribution in [0.15, 0.2) is 30.5 Å². The summed E-state index contributed by atoms with van der Waals surface area (Å²) < 4.78 is 80.5. The number of methoxy groups -OCH3 is 3. The molecule has 0 unspecified atom stereocenters. The van der Waals surface area contributed by atoms with Crippen molar-refractivity contribution in [2.24, 2.45) is 0 Å². The highest BCUT2D eigenvalue weighted by Gasteiger charge is 2.43. The number of rotatable bonds is 12. The number of nitrogens with one attached hydrogen (secondary N) is 2. The standard InChI is InChI=1S/C25H30FN6O9P/c1-25(2)23(33)32(13-40-42(34,38-6)39-7)22-16(41-25)8-9-19(30-22)29-21-15(26)12-27-24(31-21)28-14-10-17(35-3)20(37-5)18(11-14)36-4/h8-12H,13H2,1-7H3,(H2,27,28,29,30,31)/i13D2. The maximum Gasteiger partial charge on any atom is 0.475 e. The fraction of sp³-hybridized carbons (Fsp3) is 0.360. The fourth-order valence-electron chi connectivity index (χ4n) is 3.67. The van der Waals surface area contributed by atoms with Crippen molar-refractivity contribution in [3.63, 3.8) is 0 Å². The van der Waals surface area contributed by atoms with Crippen LogP contribution in [0.4, 0.5) is 33.5 Å². The van der Waals surface area contributed by atoms with Gasteiger partial charge in [0.1, 0.15) is 12.5 Å². The molecule has 3 heterocycles. The minimum Gasteiger partial charge on any atom is -0.493 e. The van der Waals surface area contributed by atoms with E-state index < -0.39 is 31.8 Å². The molecule has 226 valence electrons. The van der Waals surface area contributed by atoms with Crippen LogP contribution in [-0.2, 0) is 22.9 Å². The zero-order valence-corrected chi connectivity index (χ0v) is 24.6. The summed E-state index contributed by atoms with van der Waals surface area (Å²) in [5.74, 6) is -1.51. The molecular formula is C25H30FN6O9P. The number of ether oxygens (including phenoxy) is 4. The molecule has 1 aliphatic heterocycles. The lowest BCUT2D eigenvalue weighted by molar-refractivity contribution is -0.133. The van der Waals surface area contributed by atoms with E-state index in [1.54, 1.807) is 12.1 Å². The maximum atomic E-state index is 14.8. The van der Waals surface area contributed by atoms with E-state index in [-0.39, 0.29) is 29.2 Å². The lowest BCUT2D eigenvalue weighted by Crippen LogP contribution is -2.53. The molecule has 2 N–H and O–H groups in total. The number of halogens is 1. The number of pyridine rings is 1. The molecule has 1 amide bonds. The first kappa shape index (κ1) is 27.9. The highest BCUT2D eigenvalue weighted by molar-refractivity contribution is 7.48. The summed E-state index contributed by atoms with van der Waals surface area (Å²) in [5, 5.41) is 5.61. The van der Waals surface area contributed by atoms with Gasteiger partial charge in [-0.15, -0.1) is 0 Å². The Morgan fingerprint density at radius 3 is 2.31 bits per heavy atom. The Balaban J connectivity index is 1.68. The van der Waals surface area contributed by atoms with E-state index in [1.807, 2.05) is 0 Å². The van der Waals surface area contributed by atoms with Crippen LogP contribution in [0.25, 0.3) is 0 Å². The fourth-order valence-corrected chi connectivity index (χ4v) is 4.15. The van der Waals surface area contributed by atoms with Crippen molar-refractivity contribution in [3.8, 4) is 23.0 Å². The normalized spacial score (nSPS) is 15.1. The molecular weight excluding hydrogens is 578 g/mol. The number of carbonyl (C=O) groups excluding carboxylic acids is 1. The third-order valence-corrected chi connectivity index (χ3v) is 6.94. The van der Waals surface area contributed by atoms with Crippen molar-refractivity contribution < 1.29 is 49.0 Å². The summed E-state index contributed by atoms with van der Waals surface area (Å²) >= 11 is 0. The molecule has 17 heteroatoms. The zero-order valence-electron chi connectivity index (χ0n) is 25.7. The van der Waals surface area contributed by atoms with Crippen molar-refractivity contribution in [2.75, 3.05) is 57.8 Å². The van der Waals surface area contributed by atoms with E-state index in [4.69, 9.17) is 26.2 Å². The first-order valence-electron chi connectivity index (χ1n) is 13.0. The van der Waals surface area contributed by atoms with Crippen LogP contribution >= 0.6 is 7.82 Å². The summed E-state index contributed by atoms with van der Waals surface area (Å²) in [6.45, 7) is -0.297. The Morgan fingerprint density at radius 2 is 1.71 bits per heavy atom. The highest BCUT2D eigenvalue weighted by Crippen LogP contribution is 2.48. The summed E-state index contributed by atoms with van der Waals surface area (Å²) in [6.07, 6.45) is 0.912. The number of carbonyl (C=O) groups is 1. The molecule has 2 aromatic heterocycles. The molecule has 1 aliphatic rings. The van der Waals surface area contributed by atoms with E-state index in [0.717, 1.165) is 20.4 Å². The van der Waals surface area contributed by atoms with E-state index in [9.17, 15) is 13.8 Å². The van der Waals surface area contributed by atoms with Gasteiger partial charge in [0.2, 0.25) is 11.7 Å². The first-order chi connectivity index (χ1) is 20.7. The Morgan fingerprint density at radius 1 is 1.05 bits per heavy atom. The summed E-state index contributed by atoms with van der Waals surface area (Å²) in [5.41, 5.74) is -1.14. The monoisotopic (exact) mass is 610 g/mol. The van der Waals surface area contributed by atoms with Gasteiger partial charge < -0.3 is 29.6 Å². The molecule has 3 aromatic rings. The molecule has 0 spiro atoms. The summed E-state index contributed by atoms with van der Waals surface area (Å²) in [7, 11) is 1.92. The van der Waals surface area contributed by atoms with Gasteiger partial charge in [0.15, 0.2) is 40.3 Å². The maximum absolute atomic E-state index is 14.8. The number of phosphoric acid groups is 1. The number of hydrogen-bond donors (Lipinski definition) is 2. The molecule has 0 radical (unpaired) electrons. The van der Waals surface area contributed by atoms with Gasteiger partial charge in [-0.05, 0) is 26.0 Å². The predicted octanol–water partition coefficient (Wildman–Crippen LogP) is 4.40. The lowest BCUT2D eigenvalue weighted by Gasteiger charge is -2.37. The second kappa shape index (κ2) is 12.3. The number of phosphoric ester groups is 1. The van der Waals surface area contributed by atoms with E-state index in [2.05, 4.69) is 34.6 Å². The molecule has 0 fully saturated rings. The third kappa shape index (κ3) is 6.31. The SMILES string of the molecule is [2H]C([2H])(OP(=O)(OC)OC)N1C(=O)C(C)(C)Oc2ccc(Nc3nc(Nc4cc(OC)c(OC)c(OC)c4)ncc3F)nc21. The van der Waals surface area contributed by atoms with Crippen LogP contribution in [0.1, 0.15) is 16.6 Å². The zero-order chi connectivity index (χ0) is 32.4. The Kier molecular flexibility index (Phi) is 8.19. The van der Waals surface area contributed by atoms with Crippen molar-refractivity contribution in [1.29, 1.82) is 0 Å². The highest BCUT2D eigenvalue weighted by atomic mass is 31.2. The summed E-state index contributed by atoms with van der Waals surface area (Å²) in [6, 6.07) is 5.97. The van der Waals surface area contributed by atoms with Crippen molar-refractivity contribution >= 4 is 42.8 Å². The first-order valence-corrected chi connectivity index (χ1v) is 13.5. The minimum absolute atomic E-state index is 0.0230. The molecule has 0 atom stereocenters. The number of nitrogens with zero attached hydrogens (tertiary/aromatic N) is 4. The van der Waals surface area contributed by atoms with Gasteiger partial charge in [-0.25, -0.2) is 18.9 Å². The second-order valence-electron chi connectivity index (χ2n) is 8.82. The average Bonchev–Trinajstić information content (AvgIpc) is 2.98. The molecule has 1 aromatic carbocycles. The van der Waals surface area contributed by atoms with Crippen molar-refractivity contribution in [2.45, 2.75) is 19.4 Å². The topological polar surface area (TPSA) is 165 Å². The molecule has 15 nitrogen and oxygen atoms in total. The van der Waals surface area contributed by atoms with E-state index in [1.165, 1.54) is 47.3 Å². The average molecular weight is 611 g/mol. The van der Waals surface area contributed by atoms with Crippen LogP contribution in [0.5, 0.6) is 23.0 Å². The van der Waals surface area contributed by atoms with E-state index >= 15 is 0 Å². The number of amides is 1. The molecule has 0 aliphatic carbocycles. The predicted molar refractivity (Wildman–Crippen MR) is 149 cm³/mol. The molecule has 0 saturated carbocycles. The van der Waals surface area contributed by atoms with Gasteiger partial charge in [-0.1, -0.05) is 0 Å². The number of benzene rings is 1. The largest absolute Gasteiger partial charge is 0.493 e. The second-order valence-corrected chi connectivity index (χ2v) is 10.6.